The number of hydrogen-bond donors (Lipinski definition) is 0. The monoisotopic (exact) mass is 670 g/mol. The minimum atomic E-state index is -4.75. The zero-order valence-electron chi connectivity index (χ0n) is 27.4. The maximum absolute atomic E-state index is 15.4. The number of allylic oxidation sites excluding steroid dienone is 1. The number of halogens is 5. The largest absolute Gasteiger partial charge is 0.494 e. The summed E-state index contributed by atoms with van der Waals surface area (Å²) in [5, 5.41) is 4.36. The van der Waals surface area contributed by atoms with Crippen molar-refractivity contribution in [3.8, 4) is 5.75 Å². The molecule has 0 spiro atoms. The van der Waals surface area contributed by atoms with Crippen LogP contribution in [-0.2, 0) is 20.4 Å². The van der Waals surface area contributed by atoms with E-state index in [9.17, 15) is 22.4 Å². The Morgan fingerprint density at radius 3 is 2.33 bits per heavy atom. The minimum absolute atomic E-state index is 0.0640. The molecule has 1 unspecified atom stereocenters. The Morgan fingerprint density at radius 2 is 1.69 bits per heavy atom. The molecule has 1 aliphatic heterocycles. The van der Waals surface area contributed by atoms with Crippen molar-refractivity contribution in [3.05, 3.63) is 94.7 Å². The van der Waals surface area contributed by atoms with Crippen LogP contribution in [0.1, 0.15) is 94.7 Å². The predicted molar refractivity (Wildman–Crippen MR) is 173 cm³/mol. The summed E-state index contributed by atoms with van der Waals surface area (Å²) < 4.78 is 89.8. The number of ether oxygens (including phenoxy) is 3. The number of carbonyl (C=O) groups is 1. The second-order valence-corrected chi connectivity index (χ2v) is 12.8. The first-order valence-corrected chi connectivity index (χ1v) is 16.1. The first kappa shape index (κ1) is 35.1. The van der Waals surface area contributed by atoms with Gasteiger partial charge in [-0.2, -0.15) is 17.6 Å². The van der Waals surface area contributed by atoms with E-state index in [0.29, 0.717) is 59.1 Å². The van der Waals surface area contributed by atoms with E-state index in [1.165, 1.54) is 4.68 Å². The predicted octanol–water partition coefficient (Wildman–Crippen LogP) is 9.90. The third kappa shape index (κ3) is 8.42. The average molecular weight is 671 g/mol. The molecule has 1 fully saturated rings. The maximum Gasteiger partial charge on any atom is 0.416 e. The van der Waals surface area contributed by atoms with Crippen LogP contribution >= 0.6 is 0 Å². The van der Waals surface area contributed by atoms with E-state index in [0.717, 1.165) is 25.0 Å². The Hall–Kier alpha value is -4.25. The highest BCUT2D eigenvalue weighted by Crippen LogP contribution is 2.39. The molecule has 11 heteroatoms. The van der Waals surface area contributed by atoms with E-state index in [2.05, 4.69) is 5.10 Å². The SMILES string of the molecule is CC/C(=C(/c1ccc(OCCCC(=O)OC(C)(C)C)cc1)c1ccc2c(c1)c(F)nn2C1CCCCO1)c1cc(F)cc(C(F)(F)F)c1. The summed E-state index contributed by atoms with van der Waals surface area (Å²) in [5.41, 5.74) is 0.990. The molecular formula is C37H39F5N2O4. The van der Waals surface area contributed by atoms with Crippen molar-refractivity contribution in [1.82, 2.24) is 9.78 Å². The highest BCUT2D eigenvalue weighted by Gasteiger charge is 2.32. The summed E-state index contributed by atoms with van der Waals surface area (Å²) >= 11 is 0. The standard InChI is InChI=1S/C37H39F5N2O4/c1-5-29(25-19-26(37(40,41)42)22-27(38)20-25)34(23-11-14-28(15-12-23)46-18-8-10-33(45)48-36(2,3)4)24-13-16-31-30(21-24)35(39)43-44(31)32-9-6-7-17-47-32/h11-16,19-22,32H,5-10,17-18H2,1-4H3/b34-29+. The van der Waals surface area contributed by atoms with Crippen LogP contribution in [0.2, 0.25) is 0 Å². The van der Waals surface area contributed by atoms with Gasteiger partial charge in [-0.3, -0.25) is 4.79 Å². The number of carbonyl (C=O) groups excluding carboxylic acids is 1. The molecule has 5 rings (SSSR count). The van der Waals surface area contributed by atoms with Crippen LogP contribution in [-0.4, -0.2) is 34.6 Å². The summed E-state index contributed by atoms with van der Waals surface area (Å²) in [7, 11) is 0. The quantitative estimate of drug-likeness (QED) is 0.0728. The fourth-order valence-corrected chi connectivity index (χ4v) is 5.88. The summed E-state index contributed by atoms with van der Waals surface area (Å²) in [5.74, 6) is -1.52. The molecule has 6 nitrogen and oxygen atoms in total. The smallest absolute Gasteiger partial charge is 0.416 e. The molecule has 0 N–H and O–H groups in total. The van der Waals surface area contributed by atoms with Gasteiger partial charge in [-0.15, -0.1) is 5.10 Å². The highest BCUT2D eigenvalue weighted by molar-refractivity contribution is 6.00. The third-order valence-electron chi connectivity index (χ3n) is 7.96. The summed E-state index contributed by atoms with van der Waals surface area (Å²) in [6.07, 6.45) is -1.74. The number of esters is 1. The van der Waals surface area contributed by atoms with Gasteiger partial charge in [-0.25, -0.2) is 9.07 Å². The van der Waals surface area contributed by atoms with Crippen LogP contribution in [0.15, 0.2) is 60.7 Å². The number of hydrogen-bond acceptors (Lipinski definition) is 5. The fourth-order valence-electron chi connectivity index (χ4n) is 5.88. The normalized spacial score (nSPS) is 16.1. The molecule has 48 heavy (non-hydrogen) atoms. The van der Waals surface area contributed by atoms with Gasteiger partial charge in [0.15, 0.2) is 6.23 Å². The number of nitrogens with zero attached hydrogens (tertiary/aromatic N) is 2. The van der Waals surface area contributed by atoms with E-state index in [4.69, 9.17) is 14.2 Å². The van der Waals surface area contributed by atoms with Crippen LogP contribution in [0.4, 0.5) is 22.0 Å². The van der Waals surface area contributed by atoms with Crippen molar-refractivity contribution >= 4 is 28.0 Å². The molecule has 1 atom stereocenters. The van der Waals surface area contributed by atoms with Crippen molar-refractivity contribution in [2.24, 2.45) is 0 Å². The highest BCUT2D eigenvalue weighted by atomic mass is 19.4. The lowest BCUT2D eigenvalue weighted by Crippen LogP contribution is -2.23. The lowest BCUT2D eigenvalue weighted by Gasteiger charge is -2.23. The van der Waals surface area contributed by atoms with Crippen LogP contribution < -0.4 is 4.74 Å². The van der Waals surface area contributed by atoms with Crippen LogP contribution in [0, 0.1) is 11.8 Å². The average Bonchev–Trinajstić information content (AvgIpc) is 3.36. The number of rotatable bonds is 10. The number of benzene rings is 3. The van der Waals surface area contributed by atoms with Gasteiger partial charge in [0.1, 0.15) is 17.2 Å². The van der Waals surface area contributed by atoms with Crippen LogP contribution in [0.5, 0.6) is 5.75 Å². The van der Waals surface area contributed by atoms with Gasteiger partial charge in [0.2, 0.25) is 5.95 Å². The lowest BCUT2D eigenvalue weighted by atomic mass is 9.87. The van der Waals surface area contributed by atoms with Crippen molar-refractivity contribution < 1.29 is 41.0 Å². The molecule has 1 aliphatic rings. The maximum atomic E-state index is 15.4. The zero-order chi connectivity index (χ0) is 34.6. The number of alkyl halides is 3. The molecule has 4 aromatic rings. The molecule has 3 aromatic carbocycles. The van der Waals surface area contributed by atoms with E-state index in [-0.39, 0.29) is 36.4 Å². The Labute approximate surface area is 276 Å². The van der Waals surface area contributed by atoms with E-state index >= 15 is 4.39 Å². The van der Waals surface area contributed by atoms with E-state index in [1.807, 2.05) is 0 Å². The van der Waals surface area contributed by atoms with Gasteiger partial charge >= 0.3 is 12.1 Å². The van der Waals surface area contributed by atoms with E-state index < -0.39 is 35.3 Å². The first-order valence-electron chi connectivity index (χ1n) is 16.1. The Kier molecular flexibility index (Phi) is 10.6. The molecule has 0 bridgehead atoms. The lowest BCUT2D eigenvalue weighted by molar-refractivity contribution is -0.155. The van der Waals surface area contributed by atoms with Crippen LogP contribution in [0.25, 0.3) is 22.0 Å². The first-order chi connectivity index (χ1) is 22.7. The Bertz CT molecular complexity index is 1780. The van der Waals surface area contributed by atoms with Gasteiger partial charge in [0.05, 0.1) is 23.1 Å². The topological polar surface area (TPSA) is 62.6 Å². The fraction of sp³-hybridized carbons (Fsp3) is 0.405. The third-order valence-corrected chi connectivity index (χ3v) is 7.96. The molecule has 0 aliphatic carbocycles. The molecule has 0 radical (unpaired) electrons. The number of fused-ring (bicyclic) bond motifs is 1. The summed E-state index contributed by atoms with van der Waals surface area (Å²) in [6.45, 7) is 7.98. The number of aromatic nitrogens is 2. The zero-order valence-corrected chi connectivity index (χ0v) is 27.4. The molecular weight excluding hydrogens is 631 g/mol. The van der Waals surface area contributed by atoms with Gasteiger partial charge in [0, 0.05) is 13.0 Å². The Morgan fingerprint density at radius 1 is 0.958 bits per heavy atom. The van der Waals surface area contributed by atoms with Gasteiger partial charge in [-0.1, -0.05) is 25.1 Å². The molecule has 0 saturated carbocycles. The van der Waals surface area contributed by atoms with Crippen molar-refractivity contribution in [2.75, 3.05) is 13.2 Å². The molecule has 1 aromatic heterocycles. The molecule has 0 amide bonds. The van der Waals surface area contributed by atoms with Crippen molar-refractivity contribution in [3.63, 3.8) is 0 Å². The minimum Gasteiger partial charge on any atom is -0.494 e. The van der Waals surface area contributed by atoms with Crippen molar-refractivity contribution in [2.45, 2.75) is 84.2 Å². The summed E-state index contributed by atoms with van der Waals surface area (Å²) in [6, 6.07) is 14.5. The molecule has 1 saturated heterocycles. The van der Waals surface area contributed by atoms with Gasteiger partial charge in [0.25, 0.3) is 0 Å². The summed E-state index contributed by atoms with van der Waals surface area (Å²) in [4.78, 5) is 12.0. The van der Waals surface area contributed by atoms with Crippen molar-refractivity contribution in [1.29, 1.82) is 0 Å². The van der Waals surface area contributed by atoms with Gasteiger partial charge in [-0.05, 0) is 123 Å². The van der Waals surface area contributed by atoms with Gasteiger partial charge < -0.3 is 14.2 Å². The molecule has 2 heterocycles. The Balaban J connectivity index is 1.53. The molecule has 256 valence electrons. The second-order valence-electron chi connectivity index (χ2n) is 12.8. The van der Waals surface area contributed by atoms with Crippen LogP contribution in [0.3, 0.4) is 0 Å². The van der Waals surface area contributed by atoms with E-state index in [1.54, 1.807) is 70.2 Å². The second kappa shape index (κ2) is 14.5.